The highest BCUT2D eigenvalue weighted by atomic mass is 16.3. The molecule has 0 spiro atoms. The quantitative estimate of drug-likeness (QED) is 0.562. The number of carbonyl (C=O) groups excluding carboxylic acids is 1. The summed E-state index contributed by atoms with van der Waals surface area (Å²) in [6, 6.07) is 22.3. The van der Waals surface area contributed by atoms with Crippen molar-refractivity contribution in [3.05, 3.63) is 96.3 Å². The van der Waals surface area contributed by atoms with Crippen LogP contribution < -0.4 is 5.32 Å². The van der Waals surface area contributed by atoms with Crippen LogP contribution in [0.4, 0.5) is 0 Å². The number of nitrogens with zero attached hydrogens (tertiary/aromatic N) is 2. The Balaban J connectivity index is 1.64. The van der Waals surface area contributed by atoms with E-state index >= 15 is 0 Å². The number of carbonyl (C=O) groups is 1. The molecule has 2 aromatic heterocycles. The molecule has 0 aliphatic heterocycles. The summed E-state index contributed by atoms with van der Waals surface area (Å²) in [6.45, 7) is 0.129. The lowest BCUT2D eigenvalue weighted by Gasteiger charge is -2.14. The summed E-state index contributed by atoms with van der Waals surface area (Å²) in [5.41, 5.74) is 3.62. The fourth-order valence-corrected chi connectivity index (χ4v) is 3.11. The Morgan fingerprint density at radius 2 is 1.68 bits per heavy atom. The first kappa shape index (κ1) is 17.8. The second-order valence-electron chi connectivity index (χ2n) is 6.44. The third-order valence-corrected chi connectivity index (χ3v) is 4.58. The molecule has 0 unspecified atom stereocenters. The second-order valence-corrected chi connectivity index (χ2v) is 6.44. The molecule has 0 saturated carbocycles. The molecule has 138 valence electrons. The Morgan fingerprint density at radius 1 is 0.964 bits per heavy atom. The number of hydrogen-bond acceptors (Lipinski definition) is 4. The van der Waals surface area contributed by atoms with Gasteiger partial charge in [-0.2, -0.15) is 0 Å². The maximum absolute atomic E-state index is 12.9. The molecular formula is C23H19N3O2. The number of para-hydroxylation sites is 1. The van der Waals surface area contributed by atoms with Gasteiger partial charge in [0, 0.05) is 29.9 Å². The molecule has 0 radical (unpaired) electrons. The molecular weight excluding hydrogens is 350 g/mol. The van der Waals surface area contributed by atoms with Crippen molar-refractivity contribution < 1.29 is 9.90 Å². The van der Waals surface area contributed by atoms with Gasteiger partial charge in [-0.05, 0) is 29.8 Å². The van der Waals surface area contributed by atoms with Gasteiger partial charge >= 0.3 is 0 Å². The van der Waals surface area contributed by atoms with Crippen LogP contribution in [0.15, 0.2) is 85.2 Å². The molecule has 5 heteroatoms. The Bertz CT molecular complexity index is 1100. The van der Waals surface area contributed by atoms with Crippen LogP contribution in [0.5, 0.6) is 0 Å². The number of benzene rings is 2. The van der Waals surface area contributed by atoms with Crippen LogP contribution in [0, 0.1) is 0 Å². The Hall–Kier alpha value is -3.57. The lowest BCUT2D eigenvalue weighted by Crippen LogP contribution is -2.28. The van der Waals surface area contributed by atoms with Gasteiger partial charge in [-0.25, -0.2) is 4.98 Å². The van der Waals surface area contributed by atoms with E-state index in [4.69, 9.17) is 0 Å². The van der Waals surface area contributed by atoms with Crippen molar-refractivity contribution in [2.75, 3.05) is 6.54 Å². The Labute approximate surface area is 162 Å². The highest BCUT2D eigenvalue weighted by Crippen LogP contribution is 2.24. The summed E-state index contributed by atoms with van der Waals surface area (Å²) in [5.74, 6) is -0.246. The number of aliphatic hydroxyl groups excluding tert-OH is 1. The smallest absolute Gasteiger partial charge is 0.252 e. The van der Waals surface area contributed by atoms with Crippen molar-refractivity contribution in [2.24, 2.45) is 0 Å². The number of nitrogens with one attached hydrogen (secondary N) is 1. The zero-order valence-corrected chi connectivity index (χ0v) is 15.1. The van der Waals surface area contributed by atoms with Crippen LogP contribution in [-0.4, -0.2) is 27.5 Å². The van der Waals surface area contributed by atoms with Crippen molar-refractivity contribution in [2.45, 2.75) is 6.10 Å². The number of pyridine rings is 2. The van der Waals surface area contributed by atoms with Crippen LogP contribution in [0.3, 0.4) is 0 Å². The number of amides is 1. The van der Waals surface area contributed by atoms with Crippen LogP contribution in [0.2, 0.25) is 0 Å². The van der Waals surface area contributed by atoms with E-state index in [-0.39, 0.29) is 12.5 Å². The minimum absolute atomic E-state index is 0.129. The SMILES string of the molecule is O=C(NC[C@H](O)c1ccccc1)c1cc(-c2ccncc2)nc2ccccc12. The van der Waals surface area contributed by atoms with Gasteiger partial charge in [-0.15, -0.1) is 0 Å². The molecule has 1 atom stereocenters. The molecule has 2 N–H and O–H groups in total. The first-order valence-electron chi connectivity index (χ1n) is 9.04. The largest absolute Gasteiger partial charge is 0.387 e. The van der Waals surface area contributed by atoms with Gasteiger partial charge in [0.25, 0.3) is 5.91 Å². The summed E-state index contributed by atoms with van der Waals surface area (Å²) < 4.78 is 0. The molecule has 2 heterocycles. The fourth-order valence-electron chi connectivity index (χ4n) is 3.11. The predicted molar refractivity (Wildman–Crippen MR) is 109 cm³/mol. The zero-order valence-electron chi connectivity index (χ0n) is 15.1. The molecule has 0 aliphatic rings. The monoisotopic (exact) mass is 369 g/mol. The minimum atomic E-state index is -0.766. The van der Waals surface area contributed by atoms with E-state index in [2.05, 4.69) is 15.3 Å². The normalized spacial score (nSPS) is 11.9. The molecule has 0 saturated heterocycles. The molecule has 0 aliphatic carbocycles. The van der Waals surface area contributed by atoms with E-state index in [0.717, 1.165) is 22.0 Å². The van der Waals surface area contributed by atoms with Crippen molar-refractivity contribution in [3.8, 4) is 11.3 Å². The van der Waals surface area contributed by atoms with Gasteiger partial charge in [-0.1, -0.05) is 48.5 Å². The minimum Gasteiger partial charge on any atom is -0.387 e. The van der Waals surface area contributed by atoms with E-state index < -0.39 is 6.10 Å². The molecule has 5 nitrogen and oxygen atoms in total. The van der Waals surface area contributed by atoms with E-state index in [9.17, 15) is 9.90 Å². The highest BCUT2D eigenvalue weighted by molar-refractivity contribution is 6.07. The average Bonchev–Trinajstić information content (AvgIpc) is 2.77. The van der Waals surface area contributed by atoms with Gasteiger partial charge in [0.2, 0.25) is 0 Å². The topological polar surface area (TPSA) is 75.1 Å². The predicted octanol–water partition coefficient (Wildman–Crippen LogP) is 3.76. The fraction of sp³-hybridized carbons (Fsp3) is 0.0870. The van der Waals surface area contributed by atoms with Crippen molar-refractivity contribution in [1.82, 2.24) is 15.3 Å². The van der Waals surface area contributed by atoms with Crippen LogP contribution >= 0.6 is 0 Å². The number of aliphatic hydroxyl groups is 1. The Morgan fingerprint density at radius 3 is 2.46 bits per heavy atom. The van der Waals surface area contributed by atoms with Crippen molar-refractivity contribution in [3.63, 3.8) is 0 Å². The molecule has 0 bridgehead atoms. The standard InChI is InChI=1S/C23H19N3O2/c27-22(17-6-2-1-3-7-17)15-25-23(28)19-14-21(16-10-12-24-13-11-16)26-20-9-5-4-8-18(19)20/h1-14,22,27H,15H2,(H,25,28)/t22-/m0/s1. The number of aromatic nitrogens is 2. The molecule has 4 rings (SSSR count). The molecule has 1 amide bonds. The number of fused-ring (bicyclic) bond motifs is 1. The molecule has 2 aromatic carbocycles. The summed E-state index contributed by atoms with van der Waals surface area (Å²) in [5, 5.41) is 13.9. The second kappa shape index (κ2) is 7.98. The highest BCUT2D eigenvalue weighted by Gasteiger charge is 2.15. The van der Waals surface area contributed by atoms with Crippen molar-refractivity contribution in [1.29, 1.82) is 0 Å². The lowest BCUT2D eigenvalue weighted by molar-refractivity contribution is 0.0918. The van der Waals surface area contributed by atoms with Gasteiger partial charge < -0.3 is 10.4 Å². The summed E-state index contributed by atoms with van der Waals surface area (Å²) in [4.78, 5) is 21.6. The maximum atomic E-state index is 12.9. The average molecular weight is 369 g/mol. The Kier molecular flexibility index (Phi) is 5.08. The van der Waals surface area contributed by atoms with E-state index in [1.54, 1.807) is 18.5 Å². The lowest BCUT2D eigenvalue weighted by atomic mass is 10.0. The third-order valence-electron chi connectivity index (χ3n) is 4.58. The molecule has 0 fully saturated rings. The van der Waals surface area contributed by atoms with E-state index in [0.29, 0.717) is 11.3 Å². The number of rotatable bonds is 5. The van der Waals surface area contributed by atoms with Crippen molar-refractivity contribution >= 4 is 16.8 Å². The van der Waals surface area contributed by atoms with Gasteiger partial charge in [-0.3, -0.25) is 9.78 Å². The zero-order chi connectivity index (χ0) is 19.3. The summed E-state index contributed by atoms with van der Waals surface area (Å²) >= 11 is 0. The van der Waals surface area contributed by atoms with Gasteiger partial charge in [0.15, 0.2) is 0 Å². The van der Waals surface area contributed by atoms with Crippen LogP contribution in [0.25, 0.3) is 22.2 Å². The van der Waals surface area contributed by atoms with Crippen LogP contribution in [-0.2, 0) is 0 Å². The summed E-state index contributed by atoms with van der Waals surface area (Å²) in [7, 11) is 0. The maximum Gasteiger partial charge on any atom is 0.252 e. The first-order valence-corrected chi connectivity index (χ1v) is 9.04. The van der Waals surface area contributed by atoms with E-state index in [1.165, 1.54) is 0 Å². The van der Waals surface area contributed by atoms with Crippen LogP contribution in [0.1, 0.15) is 22.0 Å². The summed E-state index contributed by atoms with van der Waals surface area (Å²) in [6.07, 6.45) is 2.63. The third kappa shape index (κ3) is 3.75. The molecule has 28 heavy (non-hydrogen) atoms. The van der Waals surface area contributed by atoms with E-state index in [1.807, 2.05) is 66.7 Å². The first-order chi connectivity index (χ1) is 13.7. The van der Waals surface area contributed by atoms with Gasteiger partial charge in [0.1, 0.15) is 0 Å². The molecule has 4 aromatic rings. The number of hydrogen-bond donors (Lipinski definition) is 2. The van der Waals surface area contributed by atoms with Gasteiger partial charge in [0.05, 0.1) is 22.9 Å².